The van der Waals surface area contributed by atoms with Crippen molar-refractivity contribution in [2.45, 2.75) is 51.4 Å². The molecule has 0 saturated carbocycles. The average Bonchev–Trinajstić information content (AvgIpc) is 2.66. The van der Waals surface area contributed by atoms with Crippen molar-refractivity contribution in [3.63, 3.8) is 0 Å². The SMILES string of the molecule is Cn1cc(C(N)C2CC(C)(C)OC2(C)C)nn1. The number of hydrogen-bond donors (Lipinski definition) is 1. The van der Waals surface area contributed by atoms with Crippen molar-refractivity contribution in [3.05, 3.63) is 11.9 Å². The summed E-state index contributed by atoms with van der Waals surface area (Å²) in [6, 6.07) is -0.125. The van der Waals surface area contributed by atoms with E-state index >= 15 is 0 Å². The van der Waals surface area contributed by atoms with Crippen LogP contribution in [0.15, 0.2) is 6.20 Å². The smallest absolute Gasteiger partial charge is 0.0997 e. The van der Waals surface area contributed by atoms with E-state index in [1.807, 2.05) is 13.2 Å². The Morgan fingerprint density at radius 1 is 1.47 bits per heavy atom. The second kappa shape index (κ2) is 3.78. The lowest BCUT2D eigenvalue weighted by Gasteiger charge is -2.30. The van der Waals surface area contributed by atoms with E-state index in [0.717, 1.165) is 12.1 Å². The van der Waals surface area contributed by atoms with Gasteiger partial charge in [-0.25, -0.2) is 0 Å². The van der Waals surface area contributed by atoms with Crippen molar-refractivity contribution >= 4 is 0 Å². The summed E-state index contributed by atoms with van der Waals surface area (Å²) in [5.74, 6) is 0.259. The van der Waals surface area contributed by atoms with Crippen LogP contribution in [0, 0.1) is 5.92 Å². The van der Waals surface area contributed by atoms with E-state index in [2.05, 4.69) is 38.0 Å². The molecule has 1 fully saturated rings. The molecule has 2 unspecified atom stereocenters. The summed E-state index contributed by atoms with van der Waals surface area (Å²) < 4.78 is 7.75. The van der Waals surface area contributed by atoms with Crippen LogP contribution >= 0.6 is 0 Å². The molecule has 5 nitrogen and oxygen atoms in total. The second-order valence-corrected chi connectivity index (χ2v) is 6.12. The summed E-state index contributed by atoms with van der Waals surface area (Å²) in [6.45, 7) is 8.42. The van der Waals surface area contributed by atoms with E-state index in [0.29, 0.717) is 0 Å². The highest BCUT2D eigenvalue weighted by atomic mass is 16.5. The number of aryl methyl sites for hydroxylation is 1. The van der Waals surface area contributed by atoms with Gasteiger partial charge in [0, 0.05) is 19.2 Å². The molecule has 2 N–H and O–H groups in total. The predicted octanol–water partition coefficient (Wildman–Crippen LogP) is 1.41. The number of nitrogens with two attached hydrogens (primary N) is 1. The van der Waals surface area contributed by atoms with Crippen molar-refractivity contribution in [1.29, 1.82) is 0 Å². The molecule has 5 heteroatoms. The first-order valence-electron chi connectivity index (χ1n) is 6.03. The van der Waals surface area contributed by atoms with Crippen molar-refractivity contribution in [3.8, 4) is 0 Å². The Morgan fingerprint density at radius 3 is 2.53 bits per heavy atom. The van der Waals surface area contributed by atoms with Gasteiger partial charge in [-0.1, -0.05) is 5.21 Å². The molecule has 1 aromatic rings. The molecular weight excluding hydrogens is 216 g/mol. The number of ether oxygens (including phenoxy) is 1. The standard InChI is InChI=1S/C12H22N4O/c1-11(2)6-8(12(3,4)17-11)10(13)9-7-16(5)15-14-9/h7-8,10H,6,13H2,1-5H3. The quantitative estimate of drug-likeness (QED) is 0.846. The summed E-state index contributed by atoms with van der Waals surface area (Å²) in [7, 11) is 1.85. The van der Waals surface area contributed by atoms with Gasteiger partial charge in [0.25, 0.3) is 0 Å². The normalized spacial score (nSPS) is 28.2. The Kier molecular flexibility index (Phi) is 2.78. The second-order valence-electron chi connectivity index (χ2n) is 6.12. The minimum Gasteiger partial charge on any atom is -0.369 e. The van der Waals surface area contributed by atoms with Crippen molar-refractivity contribution in [2.24, 2.45) is 18.7 Å². The molecule has 1 saturated heterocycles. The van der Waals surface area contributed by atoms with Crippen LogP contribution in [-0.4, -0.2) is 26.2 Å². The van der Waals surface area contributed by atoms with Crippen LogP contribution < -0.4 is 5.73 Å². The van der Waals surface area contributed by atoms with E-state index in [4.69, 9.17) is 10.5 Å². The molecule has 2 rings (SSSR count). The number of nitrogens with zero attached hydrogens (tertiary/aromatic N) is 3. The van der Waals surface area contributed by atoms with E-state index in [1.165, 1.54) is 0 Å². The van der Waals surface area contributed by atoms with E-state index in [-0.39, 0.29) is 23.2 Å². The lowest BCUT2D eigenvalue weighted by molar-refractivity contribution is -0.0768. The van der Waals surface area contributed by atoms with Crippen LogP contribution in [0.25, 0.3) is 0 Å². The number of hydrogen-bond acceptors (Lipinski definition) is 4. The third kappa shape index (κ3) is 2.35. The van der Waals surface area contributed by atoms with Gasteiger partial charge < -0.3 is 10.5 Å². The van der Waals surface area contributed by atoms with Crippen molar-refractivity contribution < 1.29 is 4.74 Å². The van der Waals surface area contributed by atoms with Crippen LogP contribution in [0.3, 0.4) is 0 Å². The summed E-state index contributed by atoms with van der Waals surface area (Å²) in [5.41, 5.74) is 6.82. The minimum absolute atomic E-state index is 0.117. The third-order valence-corrected chi connectivity index (χ3v) is 3.54. The van der Waals surface area contributed by atoms with Gasteiger partial charge in [-0.2, -0.15) is 0 Å². The van der Waals surface area contributed by atoms with Crippen LogP contribution in [0.5, 0.6) is 0 Å². The summed E-state index contributed by atoms with van der Waals surface area (Å²) in [4.78, 5) is 0. The van der Waals surface area contributed by atoms with Crippen LogP contribution in [0.2, 0.25) is 0 Å². The predicted molar refractivity (Wildman–Crippen MR) is 65.3 cm³/mol. The maximum atomic E-state index is 6.31. The van der Waals surface area contributed by atoms with Gasteiger partial charge in [0.1, 0.15) is 0 Å². The molecule has 0 aromatic carbocycles. The van der Waals surface area contributed by atoms with Gasteiger partial charge in [0.2, 0.25) is 0 Å². The largest absolute Gasteiger partial charge is 0.369 e. The Bertz CT molecular complexity index is 410. The number of rotatable bonds is 2. The molecule has 0 aliphatic carbocycles. The van der Waals surface area contributed by atoms with Crippen LogP contribution in [-0.2, 0) is 11.8 Å². The lowest BCUT2D eigenvalue weighted by atomic mass is 9.81. The molecule has 96 valence electrons. The van der Waals surface area contributed by atoms with Gasteiger partial charge in [-0.3, -0.25) is 4.68 Å². The van der Waals surface area contributed by atoms with Crippen LogP contribution in [0.4, 0.5) is 0 Å². The van der Waals surface area contributed by atoms with E-state index in [1.54, 1.807) is 4.68 Å². The Morgan fingerprint density at radius 2 is 2.12 bits per heavy atom. The molecule has 0 bridgehead atoms. The molecule has 0 amide bonds. The van der Waals surface area contributed by atoms with Gasteiger partial charge in [-0.15, -0.1) is 5.10 Å². The summed E-state index contributed by atoms with van der Waals surface area (Å²) >= 11 is 0. The maximum Gasteiger partial charge on any atom is 0.0997 e. The highest BCUT2D eigenvalue weighted by Gasteiger charge is 2.49. The molecule has 17 heavy (non-hydrogen) atoms. The van der Waals surface area contributed by atoms with Crippen LogP contribution in [0.1, 0.15) is 45.9 Å². The van der Waals surface area contributed by atoms with E-state index < -0.39 is 0 Å². The third-order valence-electron chi connectivity index (χ3n) is 3.54. The Labute approximate surface area is 102 Å². The zero-order valence-electron chi connectivity index (χ0n) is 11.3. The summed E-state index contributed by atoms with van der Waals surface area (Å²) in [6.07, 6.45) is 2.82. The first-order chi connectivity index (χ1) is 7.71. The molecule has 2 heterocycles. The fraction of sp³-hybridized carbons (Fsp3) is 0.833. The average molecular weight is 238 g/mol. The molecule has 0 spiro atoms. The van der Waals surface area contributed by atoms with Gasteiger partial charge in [0.05, 0.1) is 22.9 Å². The molecule has 1 aliphatic rings. The monoisotopic (exact) mass is 238 g/mol. The molecular formula is C12H22N4O. The number of aromatic nitrogens is 3. The highest BCUT2D eigenvalue weighted by molar-refractivity contribution is 5.08. The zero-order valence-corrected chi connectivity index (χ0v) is 11.3. The van der Waals surface area contributed by atoms with Crippen molar-refractivity contribution in [2.75, 3.05) is 0 Å². The zero-order chi connectivity index (χ0) is 12.8. The molecule has 2 atom stereocenters. The topological polar surface area (TPSA) is 66.0 Å². The molecule has 1 aliphatic heterocycles. The lowest BCUT2D eigenvalue weighted by Crippen LogP contribution is -2.36. The summed E-state index contributed by atoms with van der Waals surface area (Å²) in [5, 5.41) is 8.05. The van der Waals surface area contributed by atoms with Gasteiger partial charge in [-0.05, 0) is 34.1 Å². The molecule has 0 radical (unpaired) electrons. The minimum atomic E-state index is -0.222. The van der Waals surface area contributed by atoms with Gasteiger partial charge >= 0.3 is 0 Å². The van der Waals surface area contributed by atoms with E-state index in [9.17, 15) is 0 Å². The first kappa shape index (κ1) is 12.5. The first-order valence-corrected chi connectivity index (χ1v) is 6.03. The molecule has 1 aromatic heterocycles. The highest BCUT2D eigenvalue weighted by Crippen LogP contribution is 2.46. The Balaban J connectivity index is 2.23. The fourth-order valence-corrected chi connectivity index (χ4v) is 2.89. The maximum absolute atomic E-state index is 6.31. The Hall–Kier alpha value is -0.940. The van der Waals surface area contributed by atoms with Gasteiger partial charge in [0.15, 0.2) is 0 Å². The van der Waals surface area contributed by atoms with Crippen molar-refractivity contribution in [1.82, 2.24) is 15.0 Å². The fourth-order valence-electron chi connectivity index (χ4n) is 2.89.